The van der Waals surface area contributed by atoms with Crippen LogP contribution in [0.4, 0.5) is 10.1 Å². The van der Waals surface area contributed by atoms with Gasteiger partial charge in [-0.15, -0.1) is 0 Å². The second-order valence-corrected chi connectivity index (χ2v) is 6.16. The van der Waals surface area contributed by atoms with Gasteiger partial charge in [0.1, 0.15) is 11.7 Å². The standard InChI is InChI=1S/C21H20FNO3/c1-2-26-21(25)20-18(14-7-4-3-5-8-14)12-17(13-19(20)24)23-16-10-6-9-15(22)11-16/h3-11,13,18,20,23H,2,12H2,1H3/t18-,20-/m1/s1. The number of rotatable bonds is 5. The van der Waals surface area contributed by atoms with Crippen LogP contribution in [0.2, 0.25) is 0 Å². The number of halogens is 1. The molecule has 2 aromatic rings. The minimum Gasteiger partial charge on any atom is -0.465 e. The Morgan fingerprint density at radius 2 is 1.96 bits per heavy atom. The van der Waals surface area contributed by atoms with Gasteiger partial charge < -0.3 is 10.1 Å². The number of hydrogen-bond donors (Lipinski definition) is 1. The first-order valence-corrected chi connectivity index (χ1v) is 8.57. The van der Waals surface area contributed by atoms with Crippen LogP contribution in [-0.2, 0) is 14.3 Å². The molecule has 0 fully saturated rings. The number of carbonyl (C=O) groups excluding carboxylic acids is 2. The van der Waals surface area contributed by atoms with E-state index < -0.39 is 11.9 Å². The maximum Gasteiger partial charge on any atom is 0.317 e. The van der Waals surface area contributed by atoms with E-state index in [1.54, 1.807) is 19.1 Å². The van der Waals surface area contributed by atoms with E-state index in [0.29, 0.717) is 17.8 Å². The van der Waals surface area contributed by atoms with Crippen LogP contribution < -0.4 is 5.32 Å². The maximum absolute atomic E-state index is 13.4. The highest BCUT2D eigenvalue weighted by Crippen LogP contribution is 2.37. The molecule has 0 aromatic heterocycles. The van der Waals surface area contributed by atoms with Crippen LogP contribution in [0.25, 0.3) is 0 Å². The quantitative estimate of drug-likeness (QED) is 0.651. The average molecular weight is 353 g/mol. The lowest BCUT2D eigenvalue weighted by atomic mass is 9.76. The lowest BCUT2D eigenvalue weighted by molar-refractivity contribution is -0.151. The van der Waals surface area contributed by atoms with E-state index >= 15 is 0 Å². The molecular weight excluding hydrogens is 333 g/mol. The first kappa shape index (κ1) is 17.9. The van der Waals surface area contributed by atoms with Gasteiger partial charge in [0.25, 0.3) is 0 Å². The third-order valence-electron chi connectivity index (χ3n) is 4.36. The third-order valence-corrected chi connectivity index (χ3v) is 4.36. The van der Waals surface area contributed by atoms with E-state index in [0.717, 1.165) is 5.56 Å². The van der Waals surface area contributed by atoms with Crippen molar-refractivity contribution in [2.24, 2.45) is 5.92 Å². The van der Waals surface area contributed by atoms with E-state index in [9.17, 15) is 14.0 Å². The molecule has 4 nitrogen and oxygen atoms in total. The predicted octanol–water partition coefficient (Wildman–Crippen LogP) is 4.06. The minimum atomic E-state index is -0.865. The van der Waals surface area contributed by atoms with Gasteiger partial charge in [0.15, 0.2) is 5.78 Å². The molecule has 2 aromatic carbocycles. The van der Waals surface area contributed by atoms with Gasteiger partial charge in [-0.25, -0.2) is 4.39 Å². The predicted molar refractivity (Wildman–Crippen MR) is 97.0 cm³/mol. The van der Waals surface area contributed by atoms with E-state index in [4.69, 9.17) is 4.74 Å². The molecule has 1 N–H and O–H groups in total. The monoisotopic (exact) mass is 353 g/mol. The van der Waals surface area contributed by atoms with Crippen molar-refractivity contribution in [3.63, 3.8) is 0 Å². The van der Waals surface area contributed by atoms with Gasteiger partial charge in [-0.2, -0.15) is 0 Å². The SMILES string of the molecule is CCOC(=O)[C@H]1C(=O)C=C(Nc2cccc(F)c2)C[C@@H]1c1ccccc1. The highest BCUT2D eigenvalue weighted by molar-refractivity contribution is 6.07. The molecule has 0 heterocycles. The zero-order valence-electron chi connectivity index (χ0n) is 14.4. The summed E-state index contributed by atoms with van der Waals surface area (Å²) in [6.45, 7) is 1.94. The molecular formula is C21H20FNO3. The summed E-state index contributed by atoms with van der Waals surface area (Å²) in [4.78, 5) is 25.0. The zero-order valence-corrected chi connectivity index (χ0v) is 14.4. The van der Waals surface area contributed by atoms with E-state index in [2.05, 4.69) is 5.32 Å². The van der Waals surface area contributed by atoms with Gasteiger partial charge in [-0.05, 0) is 37.1 Å². The van der Waals surface area contributed by atoms with Crippen molar-refractivity contribution in [2.45, 2.75) is 19.3 Å². The molecule has 0 unspecified atom stereocenters. The molecule has 1 aliphatic carbocycles. The fraction of sp³-hybridized carbons (Fsp3) is 0.238. The number of benzene rings is 2. The van der Waals surface area contributed by atoms with Crippen LogP contribution in [0, 0.1) is 11.7 Å². The van der Waals surface area contributed by atoms with Crippen LogP contribution in [0.5, 0.6) is 0 Å². The topological polar surface area (TPSA) is 55.4 Å². The van der Waals surface area contributed by atoms with Crippen LogP contribution in [-0.4, -0.2) is 18.4 Å². The van der Waals surface area contributed by atoms with Gasteiger partial charge >= 0.3 is 5.97 Å². The van der Waals surface area contributed by atoms with Crippen molar-refractivity contribution in [3.05, 3.63) is 77.8 Å². The number of nitrogens with one attached hydrogen (secondary N) is 1. The molecule has 1 aliphatic rings. The number of ether oxygens (including phenoxy) is 1. The molecule has 0 saturated carbocycles. The van der Waals surface area contributed by atoms with Crippen LogP contribution in [0.15, 0.2) is 66.4 Å². The van der Waals surface area contributed by atoms with Crippen LogP contribution in [0.1, 0.15) is 24.8 Å². The Hall–Kier alpha value is -2.95. The summed E-state index contributed by atoms with van der Waals surface area (Å²) in [7, 11) is 0. The van der Waals surface area contributed by atoms with Crippen molar-refractivity contribution < 1.29 is 18.7 Å². The third kappa shape index (κ3) is 3.99. The Labute approximate surface area is 151 Å². The van der Waals surface area contributed by atoms with Crippen molar-refractivity contribution in [1.82, 2.24) is 0 Å². The Morgan fingerprint density at radius 3 is 2.65 bits per heavy atom. The number of carbonyl (C=O) groups is 2. The lowest BCUT2D eigenvalue weighted by Gasteiger charge is -2.29. The fourth-order valence-electron chi connectivity index (χ4n) is 3.24. The van der Waals surface area contributed by atoms with Crippen molar-refractivity contribution in [3.8, 4) is 0 Å². The molecule has 0 saturated heterocycles. The fourth-order valence-corrected chi connectivity index (χ4v) is 3.24. The van der Waals surface area contributed by atoms with Gasteiger partial charge in [0.05, 0.1) is 6.61 Å². The van der Waals surface area contributed by atoms with Crippen LogP contribution >= 0.6 is 0 Å². The summed E-state index contributed by atoms with van der Waals surface area (Å²) in [6.07, 6.45) is 1.88. The second kappa shape index (κ2) is 7.95. The van der Waals surface area contributed by atoms with Gasteiger partial charge in [-0.1, -0.05) is 36.4 Å². The molecule has 0 radical (unpaired) electrons. The summed E-state index contributed by atoms with van der Waals surface area (Å²) in [5.74, 6) is -2.36. The van der Waals surface area contributed by atoms with E-state index in [1.807, 2.05) is 30.3 Å². The first-order valence-electron chi connectivity index (χ1n) is 8.57. The Morgan fingerprint density at radius 1 is 1.19 bits per heavy atom. The normalized spacial score (nSPS) is 19.6. The number of ketones is 1. The highest BCUT2D eigenvalue weighted by atomic mass is 19.1. The number of anilines is 1. The van der Waals surface area contributed by atoms with Gasteiger partial charge in [0.2, 0.25) is 0 Å². The van der Waals surface area contributed by atoms with Gasteiger partial charge in [0, 0.05) is 23.4 Å². The van der Waals surface area contributed by atoms with Crippen molar-refractivity contribution >= 4 is 17.4 Å². The van der Waals surface area contributed by atoms with Crippen LogP contribution in [0.3, 0.4) is 0 Å². The molecule has 0 spiro atoms. The smallest absolute Gasteiger partial charge is 0.317 e. The molecule has 0 bridgehead atoms. The number of allylic oxidation sites excluding steroid dienone is 2. The second-order valence-electron chi connectivity index (χ2n) is 6.16. The van der Waals surface area contributed by atoms with Crippen molar-refractivity contribution in [1.29, 1.82) is 0 Å². The largest absolute Gasteiger partial charge is 0.465 e. The minimum absolute atomic E-state index is 0.224. The summed E-state index contributed by atoms with van der Waals surface area (Å²) >= 11 is 0. The molecule has 26 heavy (non-hydrogen) atoms. The van der Waals surface area contributed by atoms with E-state index in [1.165, 1.54) is 18.2 Å². The molecule has 134 valence electrons. The molecule has 0 aliphatic heterocycles. The summed E-state index contributed by atoms with van der Waals surface area (Å²) in [6, 6.07) is 15.5. The summed E-state index contributed by atoms with van der Waals surface area (Å²) < 4.78 is 18.5. The zero-order chi connectivity index (χ0) is 18.5. The number of esters is 1. The Balaban J connectivity index is 1.91. The average Bonchev–Trinajstić information content (AvgIpc) is 2.62. The molecule has 0 amide bonds. The number of hydrogen-bond acceptors (Lipinski definition) is 4. The summed E-state index contributed by atoms with van der Waals surface area (Å²) in [5.41, 5.74) is 2.10. The van der Waals surface area contributed by atoms with E-state index in [-0.39, 0.29) is 24.1 Å². The van der Waals surface area contributed by atoms with Gasteiger partial charge in [-0.3, -0.25) is 9.59 Å². The molecule has 3 rings (SSSR count). The maximum atomic E-state index is 13.4. The highest BCUT2D eigenvalue weighted by Gasteiger charge is 2.39. The van der Waals surface area contributed by atoms with Crippen molar-refractivity contribution in [2.75, 3.05) is 11.9 Å². The molecule has 2 atom stereocenters. The lowest BCUT2D eigenvalue weighted by Crippen LogP contribution is -2.35. The molecule has 5 heteroatoms. The summed E-state index contributed by atoms with van der Waals surface area (Å²) in [5, 5.41) is 3.09. The Kier molecular flexibility index (Phi) is 5.46. The first-order chi connectivity index (χ1) is 12.6. The Bertz CT molecular complexity index is 832.